The largest absolute Gasteiger partial charge is 0.508 e. The second kappa shape index (κ2) is 4.97. The van der Waals surface area contributed by atoms with Crippen LogP contribution in [0.4, 0.5) is 0 Å². The average Bonchev–Trinajstić information content (AvgIpc) is 2.72. The number of rotatable bonds is 4. The first-order valence-corrected chi connectivity index (χ1v) is 5.52. The van der Waals surface area contributed by atoms with Crippen LogP contribution in [0, 0.1) is 0 Å². The Morgan fingerprint density at radius 1 is 1.47 bits per heavy atom. The molecule has 2 N–H and O–H groups in total. The summed E-state index contributed by atoms with van der Waals surface area (Å²) in [6.45, 7) is 2.75. The van der Waals surface area contributed by atoms with Crippen LogP contribution in [0.2, 0.25) is 0 Å². The van der Waals surface area contributed by atoms with Gasteiger partial charge in [0.2, 0.25) is 0 Å². The van der Waals surface area contributed by atoms with Crippen LogP contribution in [-0.4, -0.2) is 20.1 Å². The van der Waals surface area contributed by atoms with E-state index in [0.29, 0.717) is 12.3 Å². The summed E-state index contributed by atoms with van der Waals surface area (Å²) in [7, 11) is 1.86. The van der Waals surface area contributed by atoms with Gasteiger partial charge in [0.1, 0.15) is 5.75 Å². The number of benzene rings is 1. The van der Waals surface area contributed by atoms with Gasteiger partial charge in [-0.15, -0.1) is 5.10 Å². The number of hydrogen-bond acceptors (Lipinski definition) is 4. The van der Waals surface area contributed by atoms with Crippen molar-refractivity contribution in [2.24, 2.45) is 7.05 Å². The predicted octanol–water partition coefficient (Wildman–Crippen LogP) is 1.37. The van der Waals surface area contributed by atoms with Crippen molar-refractivity contribution < 1.29 is 5.11 Å². The van der Waals surface area contributed by atoms with Crippen LogP contribution in [0.5, 0.6) is 5.75 Å². The summed E-state index contributed by atoms with van der Waals surface area (Å²) < 4.78 is 1.74. The van der Waals surface area contributed by atoms with Crippen molar-refractivity contribution in [1.29, 1.82) is 0 Å². The number of hydrogen-bond donors (Lipinski definition) is 2. The van der Waals surface area contributed by atoms with Crippen LogP contribution in [0.25, 0.3) is 0 Å². The Hall–Kier alpha value is -1.88. The average molecular weight is 232 g/mol. The first-order valence-electron chi connectivity index (χ1n) is 5.52. The third kappa shape index (κ3) is 2.82. The number of nitrogens with zero attached hydrogens (tertiary/aromatic N) is 3. The van der Waals surface area contributed by atoms with Gasteiger partial charge < -0.3 is 10.4 Å². The van der Waals surface area contributed by atoms with Crippen LogP contribution in [0.15, 0.2) is 30.5 Å². The smallest absolute Gasteiger partial charge is 0.115 e. The molecule has 1 heterocycles. The molecule has 0 saturated heterocycles. The lowest BCUT2D eigenvalue weighted by molar-refractivity contribution is 0.471. The highest BCUT2D eigenvalue weighted by Crippen LogP contribution is 2.17. The van der Waals surface area contributed by atoms with Crippen LogP contribution < -0.4 is 5.32 Å². The highest BCUT2D eigenvalue weighted by molar-refractivity contribution is 5.29. The molecule has 1 aromatic carbocycles. The Kier molecular flexibility index (Phi) is 3.39. The van der Waals surface area contributed by atoms with Gasteiger partial charge in [0.05, 0.1) is 11.9 Å². The lowest BCUT2D eigenvalue weighted by atomic mass is 10.1. The summed E-state index contributed by atoms with van der Waals surface area (Å²) in [6.07, 6.45) is 1.74. The minimum Gasteiger partial charge on any atom is -0.508 e. The number of phenols is 1. The minimum atomic E-state index is 0.164. The maximum absolute atomic E-state index is 9.41. The number of aromatic hydroxyl groups is 1. The highest BCUT2D eigenvalue weighted by atomic mass is 16.3. The van der Waals surface area contributed by atoms with E-state index in [-0.39, 0.29) is 6.04 Å². The number of aryl methyl sites for hydroxylation is 1. The van der Waals surface area contributed by atoms with E-state index in [0.717, 1.165) is 11.3 Å². The fourth-order valence-corrected chi connectivity index (χ4v) is 1.64. The molecule has 0 aliphatic carbocycles. The molecule has 1 unspecified atom stereocenters. The van der Waals surface area contributed by atoms with Gasteiger partial charge in [-0.05, 0) is 24.6 Å². The summed E-state index contributed by atoms with van der Waals surface area (Å²) in [5.74, 6) is 0.290. The Labute approximate surface area is 100 Å². The van der Waals surface area contributed by atoms with Crippen LogP contribution in [0.3, 0.4) is 0 Å². The van der Waals surface area contributed by atoms with E-state index in [1.807, 2.05) is 19.2 Å². The Bertz CT molecular complexity index is 495. The van der Waals surface area contributed by atoms with Crippen molar-refractivity contribution >= 4 is 0 Å². The number of aromatic nitrogens is 3. The van der Waals surface area contributed by atoms with Crippen LogP contribution in [-0.2, 0) is 13.6 Å². The summed E-state index contributed by atoms with van der Waals surface area (Å²) in [4.78, 5) is 0. The molecule has 0 fully saturated rings. The van der Waals surface area contributed by atoms with Crippen molar-refractivity contribution in [2.75, 3.05) is 0 Å². The van der Waals surface area contributed by atoms with Gasteiger partial charge in [-0.1, -0.05) is 17.3 Å². The van der Waals surface area contributed by atoms with Crippen LogP contribution in [0.1, 0.15) is 24.2 Å². The molecule has 5 heteroatoms. The number of phenolic OH excluding ortho intramolecular Hbond substituents is 1. The molecule has 1 aromatic heterocycles. The minimum absolute atomic E-state index is 0.164. The first-order chi connectivity index (χ1) is 8.16. The van der Waals surface area contributed by atoms with E-state index < -0.39 is 0 Å². The lowest BCUT2D eigenvalue weighted by Gasteiger charge is -2.14. The normalized spacial score (nSPS) is 12.6. The highest BCUT2D eigenvalue weighted by Gasteiger charge is 2.07. The maximum Gasteiger partial charge on any atom is 0.115 e. The monoisotopic (exact) mass is 232 g/mol. The molecular formula is C12H16N4O. The molecule has 90 valence electrons. The fourth-order valence-electron chi connectivity index (χ4n) is 1.64. The van der Waals surface area contributed by atoms with Crippen molar-refractivity contribution in [3.05, 3.63) is 41.7 Å². The van der Waals surface area contributed by atoms with Crippen molar-refractivity contribution in [3.63, 3.8) is 0 Å². The van der Waals surface area contributed by atoms with Gasteiger partial charge in [0.25, 0.3) is 0 Å². The Morgan fingerprint density at radius 2 is 2.29 bits per heavy atom. The third-order valence-electron chi connectivity index (χ3n) is 2.77. The third-order valence-corrected chi connectivity index (χ3v) is 2.77. The molecule has 2 aromatic rings. The van der Waals surface area contributed by atoms with Gasteiger partial charge in [-0.2, -0.15) is 0 Å². The molecule has 0 radical (unpaired) electrons. The second-order valence-electron chi connectivity index (χ2n) is 4.05. The molecule has 0 spiro atoms. The summed E-state index contributed by atoms with van der Waals surface area (Å²) >= 11 is 0. The predicted molar refractivity (Wildman–Crippen MR) is 64.4 cm³/mol. The number of nitrogens with one attached hydrogen (secondary N) is 1. The van der Waals surface area contributed by atoms with Crippen molar-refractivity contribution in [3.8, 4) is 5.75 Å². The molecule has 0 amide bonds. The van der Waals surface area contributed by atoms with Gasteiger partial charge in [0, 0.05) is 19.6 Å². The van der Waals surface area contributed by atoms with Crippen LogP contribution >= 0.6 is 0 Å². The van der Waals surface area contributed by atoms with E-state index in [2.05, 4.69) is 22.6 Å². The van der Waals surface area contributed by atoms with Gasteiger partial charge in [-0.3, -0.25) is 4.68 Å². The standard InChI is InChI=1S/C12H16N4O/c1-9(10-4-3-5-12(17)6-10)13-7-11-8-14-15-16(11)2/h3-6,8-9,13,17H,7H2,1-2H3. The molecule has 0 aliphatic rings. The quantitative estimate of drug-likeness (QED) is 0.835. The topological polar surface area (TPSA) is 63.0 Å². The van der Waals surface area contributed by atoms with Gasteiger partial charge in [-0.25, -0.2) is 0 Å². The van der Waals surface area contributed by atoms with Gasteiger partial charge >= 0.3 is 0 Å². The zero-order chi connectivity index (χ0) is 12.3. The molecule has 1 atom stereocenters. The van der Waals surface area contributed by atoms with Crippen molar-refractivity contribution in [1.82, 2.24) is 20.3 Å². The van der Waals surface area contributed by atoms with Crippen molar-refractivity contribution in [2.45, 2.75) is 19.5 Å². The van der Waals surface area contributed by atoms with Gasteiger partial charge in [0.15, 0.2) is 0 Å². The molecule has 5 nitrogen and oxygen atoms in total. The fraction of sp³-hybridized carbons (Fsp3) is 0.333. The lowest BCUT2D eigenvalue weighted by Crippen LogP contribution is -2.19. The molecule has 0 bridgehead atoms. The summed E-state index contributed by atoms with van der Waals surface area (Å²) in [6, 6.07) is 7.42. The molecule has 2 rings (SSSR count). The zero-order valence-electron chi connectivity index (χ0n) is 9.96. The summed E-state index contributed by atoms with van der Waals surface area (Å²) in [5, 5.41) is 20.5. The molecule has 17 heavy (non-hydrogen) atoms. The SMILES string of the molecule is CC(NCc1cnnn1C)c1cccc(O)c1. The van der Waals surface area contributed by atoms with E-state index >= 15 is 0 Å². The zero-order valence-corrected chi connectivity index (χ0v) is 9.96. The van der Waals surface area contributed by atoms with E-state index in [4.69, 9.17) is 0 Å². The van der Waals surface area contributed by atoms with E-state index in [1.165, 1.54) is 0 Å². The first kappa shape index (κ1) is 11.6. The summed E-state index contributed by atoms with van der Waals surface area (Å²) in [5.41, 5.74) is 2.08. The molecular weight excluding hydrogens is 216 g/mol. The Balaban J connectivity index is 1.98. The molecule has 0 saturated carbocycles. The molecule has 0 aliphatic heterocycles. The maximum atomic E-state index is 9.41. The van der Waals surface area contributed by atoms with E-state index in [1.54, 1.807) is 23.0 Å². The van der Waals surface area contributed by atoms with E-state index in [9.17, 15) is 5.11 Å². The second-order valence-corrected chi connectivity index (χ2v) is 4.05. The Morgan fingerprint density at radius 3 is 2.94 bits per heavy atom.